The number of rotatable bonds is 2. The molecule has 0 aliphatic rings. The number of aromatic carboxylic acids is 1. The summed E-state index contributed by atoms with van der Waals surface area (Å²) in [6.45, 7) is 0. The Kier molecular flexibility index (Phi) is 3.81. The first-order valence-corrected chi connectivity index (χ1v) is 4.64. The van der Waals surface area contributed by atoms with Gasteiger partial charge in [-0.2, -0.15) is 0 Å². The highest BCUT2D eigenvalue weighted by molar-refractivity contribution is 8.10. The molecule has 0 bridgehead atoms. The lowest BCUT2D eigenvalue weighted by molar-refractivity contribution is 0.0697. The van der Waals surface area contributed by atoms with Crippen molar-refractivity contribution in [2.75, 3.05) is 0 Å². The van der Waals surface area contributed by atoms with Crippen LogP contribution in [0.2, 0.25) is 0 Å². The largest absolute Gasteiger partial charge is 0.478 e. The summed E-state index contributed by atoms with van der Waals surface area (Å²) in [5.41, 5.74) is 0.126. The Bertz CT molecular complexity index is 428. The van der Waals surface area contributed by atoms with E-state index in [2.05, 4.69) is 29.6 Å². The number of hydrogen-bond acceptors (Lipinski definition) is 4. The van der Waals surface area contributed by atoms with Gasteiger partial charge in [-0.15, -0.1) is 0 Å². The van der Waals surface area contributed by atoms with Crippen molar-refractivity contribution in [3.05, 3.63) is 35.4 Å². The van der Waals surface area contributed by atoms with Gasteiger partial charge in [-0.1, -0.05) is 18.7 Å². The predicted molar refractivity (Wildman–Crippen MR) is 60.4 cm³/mol. The third kappa shape index (κ3) is 3.34. The van der Waals surface area contributed by atoms with Crippen LogP contribution < -0.4 is 0 Å². The third-order valence-corrected chi connectivity index (χ3v) is 1.70. The number of carbonyl (C=O) groups excluding carboxylic acids is 1. The highest BCUT2D eigenvalue weighted by atomic mass is 32.1. The first-order valence-electron chi connectivity index (χ1n) is 3.79. The van der Waals surface area contributed by atoms with Crippen molar-refractivity contribution >= 4 is 41.2 Å². The molecular weight excluding hydrogens is 236 g/mol. The summed E-state index contributed by atoms with van der Waals surface area (Å²) < 4.78 is 4.33. The fourth-order valence-corrected chi connectivity index (χ4v) is 1.08. The lowest BCUT2D eigenvalue weighted by Gasteiger charge is -2.01. The summed E-state index contributed by atoms with van der Waals surface area (Å²) >= 11 is 8.09. The van der Waals surface area contributed by atoms with Crippen molar-refractivity contribution in [3.63, 3.8) is 0 Å². The monoisotopic (exact) mass is 242 g/mol. The topological polar surface area (TPSA) is 63.6 Å². The molecule has 0 spiro atoms. The van der Waals surface area contributed by atoms with E-state index in [1.807, 2.05) is 0 Å². The lowest BCUT2D eigenvalue weighted by atomic mass is 10.1. The van der Waals surface area contributed by atoms with Gasteiger partial charge in [0.05, 0.1) is 11.1 Å². The van der Waals surface area contributed by atoms with E-state index in [0.29, 0.717) is 0 Å². The summed E-state index contributed by atoms with van der Waals surface area (Å²) in [4.78, 5) is 21.9. The van der Waals surface area contributed by atoms with Crippen LogP contribution in [0.15, 0.2) is 24.3 Å². The molecule has 1 aromatic rings. The van der Waals surface area contributed by atoms with E-state index >= 15 is 0 Å². The maximum Gasteiger partial charge on any atom is 0.344 e. The van der Waals surface area contributed by atoms with Crippen LogP contribution in [0.25, 0.3) is 0 Å². The number of ether oxygens (including phenoxy) is 1. The molecule has 0 amide bonds. The molecule has 0 fully saturated rings. The van der Waals surface area contributed by atoms with Gasteiger partial charge in [-0.3, -0.25) is 0 Å². The molecule has 6 heteroatoms. The summed E-state index contributed by atoms with van der Waals surface area (Å²) in [6.07, 6.45) is 0. The number of thiol groups is 1. The summed E-state index contributed by atoms with van der Waals surface area (Å²) in [5.74, 6) is -1.84. The average molecular weight is 242 g/mol. The van der Waals surface area contributed by atoms with Crippen molar-refractivity contribution in [1.82, 2.24) is 0 Å². The second kappa shape index (κ2) is 4.90. The molecule has 1 rings (SSSR count). The smallest absolute Gasteiger partial charge is 0.344 e. The molecule has 0 atom stereocenters. The zero-order valence-electron chi connectivity index (χ0n) is 7.34. The molecular formula is C9H6O4S2. The molecule has 0 aromatic heterocycles. The fourth-order valence-electron chi connectivity index (χ4n) is 0.917. The number of carbonyl (C=O) groups is 2. The maximum atomic E-state index is 11.3. The number of benzene rings is 1. The van der Waals surface area contributed by atoms with E-state index in [0.717, 1.165) is 0 Å². The zero-order chi connectivity index (χ0) is 11.4. The average Bonchev–Trinajstić information content (AvgIpc) is 2.17. The quantitative estimate of drug-likeness (QED) is 0.470. The minimum absolute atomic E-state index is 0.00883. The molecule has 0 heterocycles. The van der Waals surface area contributed by atoms with Crippen LogP contribution in [0.4, 0.5) is 0 Å². The van der Waals surface area contributed by atoms with E-state index in [-0.39, 0.29) is 15.5 Å². The molecule has 0 unspecified atom stereocenters. The van der Waals surface area contributed by atoms with E-state index in [1.165, 1.54) is 24.3 Å². The van der Waals surface area contributed by atoms with Gasteiger partial charge in [0.15, 0.2) is 0 Å². The van der Waals surface area contributed by atoms with Gasteiger partial charge in [0.1, 0.15) is 0 Å². The van der Waals surface area contributed by atoms with Crippen molar-refractivity contribution in [2.45, 2.75) is 0 Å². The van der Waals surface area contributed by atoms with Crippen molar-refractivity contribution < 1.29 is 19.4 Å². The van der Waals surface area contributed by atoms with E-state index in [9.17, 15) is 9.59 Å². The molecule has 1 aromatic carbocycles. The van der Waals surface area contributed by atoms with Gasteiger partial charge in [0, 0.05) is 0 Å². The fraction of sp³-hybridized carbons (Fsp3) is 0. The number of esters is 1. The molecule has 4 nitrogen and oxygen atoms in total. The number of thiocarbonyl (C=S) groups is 1. The minimum Gasteiger partial charge on any atom is -0.478 e. The SMILES string of the molecule is O=C(O)c1cccc(C(=O)OC(=S)S)c1. The molecule has 0 aliphatic heterocycles. The van der Waals surface area contributed by atoms with Crippen molar-refractivity contribution in [3.8, 4) is 0 Å². The first kappa shape index (κ1) is 11.7. The Morgan fingerprint density at radius 2 is 1.93 bits per heavy atom. The zero-order valence-corrected chi connectivity index (χ0v) is 9.05. The second-order valence-corrected chi connectivity index (χ2v) is 3.62. The van der Waals surface area contributed by atoms with Crippen LogP contribution in [0.3, 0.4) is 0 Å². The standard InChI is InChI=1S/C9H6O4S2/c10-7(11)5-2-1-3-6(4-5)8(12)13-9(14)15/h1-4H,(H,10,11)(H,14,15). The maximum absolute atomic E-state index is 11.3. The van der Waals surface area contributed by atoms with Gasteiger partial charge >= 0.3 is 11.9 Å². The summed E-state index contributed by atoms with van der Waals surface area (Å²) in [5, 5.41) is 8.68. The molecule has 78 valence electrons. The van der Waals surface area contributed by atoms with Gasteiger partial charge in [0.25, 0.3) is 0 Å². The Labute approximate surface area is 96.3 Å². The van der Waals surface area contributed by atoms with Crippen LogP contribution in [-0.2, 0) is 4.74 Å². The van der Waals surface area contributed by atoms with Crippen LogP contribution >= 0.6 is 24.8 Å². The van der Waals surface area contributed by atoms with Crippen molar-refractivity contribution in [2.24, 2.45) is 0 Å². The Hall–Kier alpha value is -1.40. The summed E-state index contributed by atoms with van der Waals surface area (Å²) in [7, 11) is 0. The molecule has 0 saturated heterocycles. The van der Waals surface area contributed by atoms with E-state index in [4.69, 9.17) is 5.11 Å². The number of hydrogen-bond donors (Lipinski definition) is 2. The Morgan fingerprint density at radius 3 is 2.47 bits per heavy atom. The number of carboxylic acid groups (broad SMARTS) is 1. The second-order valence-electron chi connectivity index (χ2n) is 2.54. The van der Waals surface area contributed by atoms with E-state index in [1.54, 1.807) is 0 Å². The molecule has 0 radical (unpaired) electrons. The molecule has 0 aliphatic carbocycles. The Morgan fingerprint density at radius 1 is 1.33 bits per heavy atom. The minimum atomic E-state index is -1.11. The predicted octanol–water partition coefficient (Wildman–Crippen LogP) is 1.76. The molecule has 0 saturated carbocycles. The van der Waals surface area contributed by atoms with Gasteiger partial charge in [0.2, 0.25) is 4.38 Å². The third-order valence-electron chi connectivity index (χ3n) is 1.53. The van der Waals surface area contributed by atoms with Crippen LogP contribution in [0.5, 0.6) is 0 Å². The van der Waals surface area contributed by atoms with Gasteiger partial charge in [-0.05, 0) is 30.4 Å². The molecule has 15 heavy (non-hydrogen) atoms. The van der Waals surface area contributed by atoms with Gasteiger partial charge < -0.3 is 9.84 Å². The number of carboxylic acids is 1. The van der Waals surface area contributed by atoms with Crippen LogP contribution in [0, 0.1) is 0 Å². The Balaban J connectivity index is 2.95. The normalized spacial score (nSPS) is 9.40. The van der Waals surface area contributed by atoms with Crippen LogP contribution in [-0.4, -0.2) is 21.4 Å². The highest BCUT2D eigenvalue weighted by Crippen LogP contribution is 2.07. The van der Waals surface area contributed by atoms with Crippen LogP contribution in [0.1, 0.15) is 20.7 Å². The van der Waals surface area contributed by atoms with Crippen molar-refractivity contribution in [1.29, 1.82) is 0 Å². The molecule has 1 N–H and O–H groups in total. The lowest BCUT2D eigenvalue weighted by Crippen LogP contribution is -2.08. The van der Waals surface area contributed by atoms with E-state index < -0.39 is 11.9 Å². The van der Waals surface area contributed by atoms with Gasteiger partial charge in [-0.25, -0.2) is 9.59 Å². The highest BCUT2D eigenvalue weighted by Gasteiger charge is 2.11. The first-order chi connectivity index (χ1) is 7.00. The summed E-state index contributed by atoms with van der Waals surface area (Å²) in [6, 6.07) is 5.46.